The van der Waals surface area contributed by atoms with E-state index in [9.17, 15) is 4.79 Å². The SMILES string of the molecule is COCC(CNc1sc(C(=O)OC)c(N)c1C1CC1)OC. The van der Waals surface area contributed by atoms with Crippen LogP contribution in [0.2, 0.25) is 0 Å². The monoisotopic (exact) mass is 314 g/mol. The van der Waals surface area contributed by atoms with Crippen LogP contribution < -0.4 is 11.1 Å². The van der Waals surface area contributed by atoms with E-state index in [2.05, 4.69) is 5.32 Å². The van der Waals surface area contributed by atoms with E-state index >= 15 is 0 Å². The van der Waals surface area contributed by atoms with Crippen molar-refractivity contribution in [2.24, 2.45) is 0 Å². The number of hydrogen-bond acceptors (Lipinski definition) is 7. The molecule has 1 aromatic rings. The number of ether oxygens (including phenoxy) is 3. The van der Waals surface area contributed by atoms with Crippen LogP contribution in [-0.2, 0) is 14.2 Å². The van der Waals surface area contributed by atoms with Crippen LogP contribution in [0.15, 0.2) is 0 Å². The summed E-state index contributed by atoms with van der Waals surface area (Å²) in [4.78, 5) is 12.2. The van der Waals surface area contributed by atoms with Gasteiger partial charge in [-0.25, -0.2) is 4.79 Å². The van der Waals surface area contributed by atoms with E-state index in [-0.39, 0.29) is 12.1 Å². The summed E-state index contributed by atoms with van der Waals surface area (Å²) >= 11 is 1.35. The van der Waals surface area contributed by atoms with Gasteiger partial charge in [-0.15, -0.1) is 11.3 Å². The lowest BCUT2D eigenvalue weighted by Gasteiger charge is -2.15. The molecule has 1 unspecified atom stereocenters. The molecular formula is C14H22N2O4S. The molecule has 118 valence electrons. The van der Waals surface area contributed by atoms with E-state index in [0.717, 1.165) is 23.4 Å². The van der Waals surface area contributed by atoms with Gasteiger partial charge in [0.25, 0.3) is 0 Å². The first-order valence-corrected chi connectivity index (χ1v) is 7.70. The van der Waals surface area contributed by atoms with Gasteiger partial charge < -0.3 is 25.3 Å². The summed E-state index contributed by atoms with van der Waals surface area (Å²) in [5.74, 6) is 0.0678. The quantitative estimate of drug-likeness (QED) is 0.715. The average molecular weight is 314 g/mol. The standard InChI is InChI=1S/C14H22N2O4S/c1-18-7-9(19-2)6-16-13-10(8-4-5-8)11(15)12(21-13)14(17)20-3/h8-9,16H,4-7,15H2,1-3H3. The zero-order valence-corrected chi connectivity index (χ0v) is 13.4. The van der Waals surface area contributed by atoms with Gasteiger partial charge in [-0.3, -0.25) is 0 Å². The molecule has 1 heterocycles. The van der Waals surface area contributed by atoms with E-state index < -0.39 is 0 Å². The Morgan fingerprint density at radius 2 is 2.14 bits per heavy atom. The smallest absolute Gasteiger partial charge is 0.350 e. The predicted molar refractivity (Wildman–Crippen MR) is 83.2 cm³/mol. The molecule has 1 aromatic heterocycles. The van der Waals surface area contributed by atoms with Crippen LogP contribution in [0.25, 0.3) is 0 Å². The molecule has 0 amide bonds. The number of hydrogen-bond donors (Lipinski definition) is 2. The second-order valence-corrected chi connectivity index (χ2v) is 6.07. The maximum absolute atomic E-state index is 11.8. The van der Waals surface area contributed by atoms with Crippen molar-refractivity contribution in [1.29, 1.82) is 0 Å². The molecule has 1 saturated carbocycles. The summed E-state index contributed by atoms with van der Waals surface area (Å²) in [6.45, 7) is 1.11. The number of rotatable bonds is 8. The van der Waals surface area contributed by atoms with Crippen LogP contribution >= 0.6 is 11.3 Å². The lowest BCUT2D eigenvalue weighted by Crippen LogP contribution is -2.26. The number of nitrogens with one attached hydrogen (secondary N) is 1. The molecular weight excluding hydrogens is 292 g/mol. The normalized spacial score (nSPS) is 15.8. The van der Waals surface area contributed by atoms with Crippen molar-refractivity contribution < 1.29 is 19.0 Å². The minimum absolute atomic E-state index is 0.0491. The molecule has 1 aliphatic carbocycles. The number of anilines is 2. The fourth-order valence-electron chi connectivity index (χ4n) is 2.21. The summed E-state index contributed by atoms with van der Waals surface area (Å²) < 4.78 is 15.2. The highest BCUT2D eigenvalue weighted by atomic mass is 32.1. The number of carbonyl (C=O) groups excluding carboxylic acids is 1. The van der Waals surface area contributed by atoms with Gasteiger partial charge in [0.1, 0.15) is 4.88 Å². The molecule has 3 N–H and O–H groups in total. The average Bonchev–Trinajstić information content (AvgIpc) is 3.27. The number of thiophene rings is 1. The molecule has 0 aliphatic heterocycles. The van der Waals surface area contributed by atoms with Gasteiger partial charge in [-0.05, 0) is 18.8 Å². The molecule has 7 heteroatoms. The van der Waals surface area contributed by atoms with Crippen LogP contribution in [-0.4, -0.2) is 46.6 Å². The van der Waals surface area contributed by atoms with E-state index in [1.807, 2.05) is 0 Å². The van der Waals surface area contributed by atoms with Crippen molar-refractivity contribution in [3.05, 3.63) is 10.4 Å². The Bertz CT molecular complexity index is 499. The Morgan fingerprint density at radius 1 is 1.43 bits per heavy atom. The Kier molecular flexibility index (Phi) is 5.44. The maximum Gasteiger partial charge on any atom is 0.350 e. The lowest BCUT2D eigenvalue weighted by molar-refractivity contribution is 0.0366. The molecule has 1 fully saturated rings. The van der Waals surface area contributed by atoms with Gasteiger partial charge in [0.2, 0.25) is 0 Å². The van der Waals surface area contributed by atoms with Gasteiger partial charge in [0.15, 0.2) is 0 Å². The summed E-state index contributed by atoms with van der Waals surface area (Å²) in [6, 6.07) is 0. The summed E-state index contributed by atoms with van der Waals surface area (Å²) in [7, 11) is 4.65. The Hall–Kier alpha value is -1.31. The highest BCUT2D eigenvalue weighted by Gasteiger charge is 2.33. The summed E-state index contributed by atoms with van der Waals surface area (Å²) in [5, 5.41) is 4.27. The number of esters is 1. The zero-order valence-electron chi connectivity index (χ0n) is 12.6. The van der Waals surface area contributed by atoms with Crippen LogP contribution in [0.1, 0.15) is 34.0 Å². The topological polar surface area (TPSA) is 82.8 Å². The molecule has 2 rings (SSSR count). The third-order valence-corrected chi connectivity index (χ3v) is 4.68. The van der Waals surface area contributed by atoms with Crippen LogP contribution in [0, 0.1) is 0 Å². The first-order valence-electron chi connectivity index (χ1n) is 6.88. The van der Waals surface area contributed by atoms with Crippen molar-refractivity contribution in [3.8, 4) is 0 Å². The van der Waals surface area contributed by atoms with E-state index in [0.29, 0.717) is 29.6 Å². The highest BCUT2D eigenvalue weighted by molar-refractivity contribution is 7.18. The van der Waals surface area contributed by atoms with Gasteiger partial charge in [-0.2, -0.15) is 0 Å². The minimum atomic E-state index is -0.382. The second-order valence-electron chi connectivity index (χ2n) is 5.05. The lowest BCUT2D eigenvalue weighted by atomic mass is 10.1. The molecule has 0 spiro atoms. The third-order valence-electron chi connectivity index (χ3n) is 3.52. The Morgan fingerprint density at radius 3 is 2.67 bits per heavy atom. The van der Waals surface area contributed by atoms with E-state index in [4.69, 9.17) is 19.9 Å². The zero-order chi connectivity index (χ0) is 15.4. The molecule has 1 atom stereocenters. The van der Waals surface area contributed by atoms with Gasteiger partial charge in [-0.1, -0.05) is 0 Å². The highest BCUT2D eigenvalue weighted by Crippen LogP contribution is 2.50. The Balaban J connectivity index is 2.16. The summed E-state index contributed by atoms with van der Waals surface area (Å²) in [6.07, 6.45) is 2.18. The molecule has 0 bridgehead atoms. The van der Waals surface area contributed by atoms with E-state index in [1.165, 1.54) is 18.4 Å². The van der Waals surface area contributed by atoms with Crippen molar-refractivity contribution in [2.75, 3.05) is 45.5 Å². The summed E-state index contributed by atoms with van der Waals surface area (Å²) in [5.41, 5.74) is 7.73. The van der Waals surface area contributed by atoms with Crippen LogP contribution in [0.3, 0.4) is 0 Å². The first-order chi connectivity index (χ1) is 10.1. The van der Waals surface area contributed by atoms with Gasteiger partial charge in [0, 0.05) is 26.3 Å². The molecule has 0 aromatic carbocycles. The van der Waals surface area contributed by atoms with Gasteiger partial charge in [0.05, 0.1) is 30.5 Å². The minimum Gasteiger partial charge on any atom is -0.465 e. The van der Waals surface area contributed by atoms with Gasteiger partial charge >= 0.3 is 5.97 Å². The maximum atomic E-state index is 11.8. The molecule has 6 nitrogen and oxygen atoms in total. The number of nitrogen functional groups attached to an aromatic ring is 1. The number of methoxy groups -OCH3 is 3. The molecule has 1 aliphatic rings. The predicted octanol–water partition coefficient (Wildman–Crippen LogP) is 2.07. The molecule has 21 heavy (non-hydrogen) atoms. The fourth-order valence-corrected chi connectivity index (χ4v) is 3.35. The molecule has 0 radical (unpaired) electrons. The fraction of sp³-hybridized carbons (Fsp3) is 0.643. The largest absolute Gasteiger partial charge is 0.465 e. The van der Waals surface area contributed by atoms with Crippen molar-refractivity contribution in [2.45, 2.75) is 24.9 Å². The van der Waals surface area contributed by atoms with E-state index in [1.54, 1.807) is 14.2 Å². The number of carbonyl (C=O) groups is 1. The third kappa shape index (κ3) is 3.66. The second kappa shape index (κ2) is 7.11. The molecule has 0 saturated heterocycles. The van der Waals surface area contributed by atoms with Crippen LogP contribution in [0.5, 0.6) is 0 Å². The van der Waals surface area contributed by atoms with Crippen LogP contribution in [0.4, 0.5) is 10.7 Å². The Labute approximate surface area is 128 Å². The van der Waals surface area contributed by atoms with Crippen molar-refractivity contribution >= 4 is 28.0 Å². The van der Waals surface area contributed by atoms with Crippen molar-refractivity contribution in [3.63, 3.8) is 0 Å². The first kappa shape index (κ1) is 16.1. The van der Waals surface area contributed by atoms with Crippen molar-refractivity contribution in [1.82, 2.24) is 0 Å². The number of nitrogens with two attached hydrogens (primary N) is 1.